The Morgan fingerprint density at radius 3 is 2.22 bits per heavy atom. The summed E-state index contributed by atoms with van der Waals surface area (Å²) in [4.78, 5) is 11.7. The average molecular weight is 412 g/mol. The van der Waals surface area contributed by atoms with Crippen molar-refractivity contribution < 1.29 is 26.0 Å². The number of amides is 1. The molecule has 1 N–H and O–H groups in total. The molecule has 0 aliphatic carbocycles. The number of anilines is 1. The number of hydrogen-bond donors (Lipinski definition) is 1. The second-order valence-electron chi connectivity index (χ2n) is 5.99. The lowest BCUT2D eigenvalue weighted by molar-refractivity contribution is -0.116. The first-order valence-corrected chi connectivity index (χ1v) is 11.2. The highest BCUT2D eigenvalue weighted by atomic mass is 32.2. The monoisotopic (exact) mass is 412 g/mol. The third kappa shape index (κ3) is 4.34. The van der Waals surface area contributed by atoms with Crippen LogP contribution in [0.2, 0.25) is 0 Å². The second kappa shape index (κ2) is 7.37. The van der Waals surface area contributed by atoms with Gasteiger partial charge in [-0.15, -0.1) is 0 Å². The Morgan fingerprint density at radius 2 is 1.67 bits per heavy atom. The fourth-order valence-electron chi connectivity index (χ4n) is 2.69. The van der Waals surface area contributed by atoms with Gasteiger partial charge in [0, 0.05) is 13.0 Å². The molecule has 2 aromatic carbocycles. The Hall–Kier alpha value is -2.30. The maximum Gasteiger partial charge on any atom is 0.242 e. The quantitative estimate of drug-likeness (QED) is 0.773. The van der Waals surface area contributed by atoms with Gasteiger partial charge in [-0.05, 0) is 48.4 Å². The van der Waals surface area contributed by atoms with E-state index in [-0.39, 0.29) is 35.1 Å². The van der Waals surface area contributed by atoms with Crippen molar-refractivity contribution in [1.82, 2.24) is 4.72 Å². The van der Waals surface area contributed by atoms with Crippen molar-refractivity contribution in [3.05, 3.63) is 59.9 Å². The lowest BCUT2D eigenvalue weighted by Crippen LogP contribution is -2.29. The second-order valence-corrected chi connectivity index (χ2v) is 9.70. The summed E-state index contributed by atoms with van der Waals surface area (Å²) in [6.07, 6.45) is 0.297. The van der Waals surface area contributed by atoms with Gasteiger partial charge in [0.2, 0.25) is 26.0 Å². The summed E-state index contributed by atoms with van der Waals surface area (Å²) in [5.74, 6) is -1.16. The van der Waals surface area contributed by atoms with Crippen LogP contribution in [-0.2, 0) is 31.3 Å². The summed E-state index contributed by atoms with van der Waals surface area (Å²) in [6, 6.07) is 10.8. The van der Waals surface area contributed by atoms with E-state index in [1.54, 1.807) is 12.1 Å². The van der Waals surface area contributed by atoms with Gasteiger partial charge in [-0.2, -0.15) is 0 Å². The van der Waals surface area contributed by atoms with Crippen LogP contribution >= 0.6 is 0 Å². The SMILES string of the molecule is O=C1CCS(=O)(=O)N1c1ccc(S(=O)(=O)NCCc2ccc(F)cc2)cc1. The van der Waals surface area contributed by atoms with Gasteiger partial charge in [-0.25, -0.2) is 30.3 Å². The zero-order chi connectivity index (χ0) is 19.7. The molecule has 10 heteroatoms. The number of carbonyl (C=O) groups excluding carboxylic acids is 1. The number of nitrogens with one attached hydrogen (secondary N) is 1. The van der Waals surface area contributed by atoms with Crippen molar-refractivity contribution in [3.8, 4) is 0 Å². The van der Waals surface area contributed by atoms with Crippen LogP contribution in [-0.4, -0.2) is 35.0 Å². The van der Waals surface area contributed by atoms with Crippen molar-refractivity contribution in [2.45, 2.75) is 17.7 Å². The maximum absolute atomic E-state index is 12.9. The first kappa shape index (κ1) is 19.5. The van der Waals surface area contributed by atoms with E-state index in [0.29, 0.717) is 10.7 Å². The number of hydrogen-bond acceptors (Lipinski definition) is 5. The summed E-state index contributed by atoms with van der Waals surface area (Å²) in [5.41, 5.74) is 0.898. The highest BCUT2D eigenvalue weighted by molar-refractivity contribution is 7.94. The Morgan fingerprint density at radius 1 is 1.04 bits per heavy atom. The van der Waals surface area contributed by atoms with Crippen molar-refractivity contribution in [2.75, 3.05) is 16.6 Å². The Bertz CT molecular complexity index is 1050. The smallest absolute Gasteiger partial charge is 0.242 e. The minimum Gasteiger partial charge on any atom is -0.273 e. The minimum absolute atomic E-state index is 0.0469. The fourth-order valence-corrected chi connectivity index (χ4v) is 5.19. The van der Waals surface area contributed by atoms with Crippen LogP contribution in [0.25, 0.3) is 0 Å². The molecule has 7 nitrogen and oxygen atoms in total. The maximum atomic E-state index is 12.9. The van der Waals surface area contributed by atoms with E-state index in [1.165, 1.54) is 36.4 Å². The predicted molar refractivity (Wildman–Crippen MR) is 97.6 cm³/mol. The van der Waals surface area contributed by atoms with Crippen LogP contribution in [0.3, 0.4) is 0 Å². The largest absolute Gasteiger partial charge is 0.273 e. The molecule has 0 bridgehead atoms. The van der Waals surface area contributed by atoms with Gasteiger partial charge >= 0.3 is 0 Å². The van der Waals surface area contributed by atoms with Gasteiger partial charge < -0.3 is 0 Å². The summed E-state index contributed by atoms with van der Waals surface area (Å²) in [6.45, 7) is 0.120. The number of carbonyl (C=O) groups is 1. The molecule has 0 atom stereocenters. The molecule has 0 aromatic heterocycles. The summed E-state index contributed by atoms with van der Waals surface area (Å²) in [7, 11) is -7.49. The molecule has 1 aliphatic rings. The van der Waals surface area contributed by atoms with E-state index in [2.05, 4.69) is 4.72 Å². The van der Waals surface area contributed by atoms with Gasteiger partial charge in [0.05, 0.1) is 16.3 Å². The third-order valence-corrected chi connectivity index (χ3v) is 7.25. The normalized spacial score (nSPS) is 16.6. The first-order valence-electron chi connectivity index (χ1n) is 8.09. The molecule has 1 heterocycles. The van der Waals surface area contributed by atoms with Crippen molar-refractivity contribution >= 4 is 31.6 Å². The number of benzene rings is 2. The van der Waals surface area contributed by atoms with E-state index in [4.69, 9.17) is 0 Å². The Labute approximate surface area is 156 Å². The van der Waals surface area contributed by atoms with Gasteiger partial charge in [-0.1, -0.05) is 12.1 Å². The molecule has 1 fully saturated rings. The molecule has 0 radical (unpaired) electrons. The number of halogens is 1. The number of nitrogens with zero attached hydrogens (tertiary/aromatic N) is 1. The molecule has 144 valence electrons. The van der Waals surface area contributed by atoms with E-state index in [9.17, 15) is 26.0 Å². The highest BCUT2D eigenvalue weighted by Crippen LogP contribution is 2.26. The molecule has 0 spiro atoms. The lowest BCUT2D eigenvalue weighted by atomic mass is 10.1. The number of sulfonamides is 2. The highest BCUT2D eigenvalue weighted by Gasteiger charge is 2.36. The van der Waals surface area contributed by atoms with Gasteiger partial charge in [-0.3, -0.25) is 4.79 Å². The van der Waals surface area contributed by atoms with E-state index in [1.807, 2.05) is 0 Å². The lowest BCUT2D eigenvalue weighted by Gasteiger charge is -2.15. The topological polar surface area (TPSA) is 101 Å². The van der Waals surface area contributed by atoms with Crippen LogP contribution in [0, 0.1) is 5.82 Å². The van der Waals surface area contributed by atoms with Crippen LogP contribution in [0.1, 0.15) is 12.0 Å². The molecule has 0 saturated carbocycles. The molecule has 1 saturated heterocycles. The summed E-state index contributed by atoms with van der Waals surface area (Å²) >= 11 is 0. The van der Waals surface area contributed by atoms with Crippen LogP contribution < -0.4 is 9.03 Å². The van der Waals surface area contributed by atoms with Crippen LogP contribution in [0.5, 0.6) is 0 Å². The van der Waals surface area contributed by atoms with E-state index >= 15 is 0 Å². The Balaban J connectivity index is 1.68. The summed E-state index contributed by atoms with van der Waals surface area (Å²) < 4.78 is 64.5. The van der Waals surface area contributed by atoms with E-state index in [0.717, 1.165) is 5.56 Å². The van der Waals surface area contributed by atoms with Crippen molar-refractivity contribution in [3.63, 3.8) is 0 Å². The van der Waals surface area contributed by atoms with Gasteiger partial charge in [0.15, 0.2) is 0 Å². The van der Waals surface area contributed by atoms with Crippen LogP contribution in [0.4, 0.5) is 10.1 Å². The fraction of sp³-hybridized carbons (Fsp3) is 0.235. The minimum atomic E-state index is -3.80. The molecule has 27 heavy (non-hydrogen) atoms. The first-order chi connectivity index (χ1) is 12.7. The predicted octanol–water partition coefficient (Wildman–Crippen LogP) is 1.41. The van der Waals surface area contributed by atoms with Gasteiger partial charge in [0.1, 0.15) is 5.82 Å². The van der Waals surface area contributed by atoms with Crippen molar-refractivity contribution in [1.29, 1.82) is 0 Å². The molecule has 0 unspecified atom stereocenters. The molecule has 2 aromatic rings. The molecule has 3 rings (SSSR count). The Kier molecular flexibility index (Phi) is 5.31. The number of rotatable bonds is 6. The molecular formula is C17H17FN2O5S2. The zero-order valence-electron chi connectivity index (χ0n) is 14.1. The van der Waals surface area contributed by atoms with E-state index < -0.39 is 26.0 Å². The van der Waals surface area contributed by atoms with Crippen LogP contribution in [0.15, 0.2) is 53.4 Å². The molecular weight excluding hydrogens is 395 g/mol. The van der Waals surface area contributed by atoms with Gasteiger partial charge in [0.25, 0.3) is 0 Å². The zero-order valence-corrected chi connectivity index (χ0v) is 15.8. The molecule has 1 amide bonds. The third-order valence-electron chi connectivity index (χ3n) is 4.08. The standard InChI is InChI=1S/C17H17FN2O5S2/c18-14-3-1-13(2-4-14)9-11-19-27(24,25)16-7-5-15(6-8-16)20-17(21)10-12-26(20,22)23/h1-8,19H,9-12H2. The van der Waals surface area contributed by atoms with Crippen molar-refractivity contribution in [2.24, 2.45) is 0 Å². The average Bonchev–Trinajstić information content (AvgIpc) is 2.89. The summed E-state index contributed by atoms with van der Waals surface area (Å²) in [5, 5.41) is 0. The molecule has 1 aliphatic heterocycles.